The minimum absolute atomic E-state index is 0.305. The molecule has 88 valence electrons. The van der Waals surface area contributed by atoms with Crippen LogP contribution in [-0.2, 0) is 0 Å². The fraction of sp³-hybridized carbons (Fsp3) is 0.692. The van der Waals surface area contributed by atoms with Gasteiger partial charge in [-0.1, -0.05) is 13.3 Å². The van der Waals surface area contributed by atoms with Gasteiger partial charge in [0.1, 0.15) is 0 Å². The fourth-order valence-electron chi connectivity index (χ4n) is 2.64. The Hall–Kier alpha value is -0.960. The number of hydrogen-bond acceptors (Lipinski definition) is 3. The van der Waals surface area contributed by atoms with Crippen LogP contribution in [0.3, 0.4) is 0 Å². The Balaban J connectivity index is 2.03. The zero-order valence-corrected chi connectivity index (χ0v) is 10.4. The van der Waals surface area contributed by atoms with Crippen molar-refractivity contribution in [3.63, 3.8) is 0 Å². The summed E-state index contributed by atoms with van der Waals surface area (Å²) in [5, 5.41) is 3.68. The maximum Gasteiger partial charge on any atom is 0.0782 e. The summed E-state index contributed by atoms with van der Waals surface area (Å²) in [6.45, 7) is 6.54. The molecule has 0 spiro atoms. The van der Waals surface area contributed by atoms with Crippen molar-refractivity contribution >= 4 is 0 Å². The maximum atomic E-state index is 4.42. The summed E-state index contributed by atoms with van der Waals surface area (Å²) in [5.74, 6) is 0.791. The first kappa shape index (κ1) is 11.5. The van der Waals surface area contributed by atoms with Gasteiger partial charge >= 0.3 is 0 Å². The van der Waals surface area contributed by atoms with E-state index in [-0.39, 0.29) is 0 Å². The largest absolute Gasteiger partial charge is 0.306 e. The Kier molecular flexibility index (Phi) is 3.54. The quantitative estimate of drug-likeness (QED) is 0.849. The lowest BCUT2D eigenvalue weighted by Gasteiger charge is -2.23. The highest BCUT2D eigenvalue weighted by atomic mass is 15.0. The second-order valence-corrected chi connectivity index (χ2v) is 4.93. The minimum atomic E-state index is 0.305. The molecule has 3 heteroatoms. The van der Waals surface area contributed by atoms with E-state index in [1.807, 2.05) is 6.92 Å². The van der Waals surface area contributed by atoms with Crippen LogP contribution in [0.1, 0.15) is 50.5 Å². The standard InChI is InChI=1S/C13H21N3/c1-9-5-4-6-12(9)16-11(3)13-10(2)14-7-8-15-13/h7-9,11-12,16H,4-6H2,1-3H3. The summed E-state index contributed by atoms with van der Waals surface area (Å²) in [5.41, 5.74) is 2.12. The normalized spacial score (nSPS) is 26.9. The van der Waals surface area contributed by atoms with Crippen LogP contribution in [0.25, 0.3) is 0 Å². The topological polar surface area (TPSA) is 37.8 Å². The monoisotopic (exact) mass is 219 g/mol. The molecule has 0 aliphatic heterocycles. The van der Waals surface area contributed by atoms with Gasteiger partial charge in [-0.2, -0.15) is 0 Å². The van der Waals surface area contributed by atoms with Gasteiger partial charge in [-0.3, -0.25) is 9.97 Å². The van der Waals surface area contributed by atoms with Crippen LogP contribution in [0.15, 0.2) is 12.4 Å². The molecule has 1 N–H and O–H groups in total. The predicted octanol–water partition coefficient (Wildman–Crippen LogP) is 2.62. The zero-order chi connectivity index (χ0) is 11.5. The van der Waals surface area contributed by atoms with E-state index >= 15 is 0 Å². The van der Waals surface area contributed by atoms with Gasteiger partial charge in [0.2, 0.25) is 0 Å². The number of nitrogens with one attached hydrogen (secondary N) is 1. The van der Waals surface area contributed by atoms with Crippen molar-refractivity contribution in [2.75, 3.05) is 0 Å². The number of aromatic nitrogens is 2. The fourth-order valence-corrected chi connectivity index (χ4v) is 2.64. The molecule has 0 saturated heterocycles. The molecule has 0 radical (unpaired) electrons. The Morgan fingerprint density at radius 1 is 1.31 bits per heavy atom. The summed E-state index contributed by atoms with van der Waals surface area (Å²) < 4.78 is 0. The molecular formula is C13H21N3. The van der Waals surface area contributed by atoms with Gasteiger partial charge < -0.3 is 5.32 Å². The molecule has 0 aromatic carbocycles. The highest BCUT2D eigenvalue weighted by Gasteiger charge is 2.25. The molecule has 1 heterocycles. The number of nitrogens with zero attached hydrogens (tertiary/aromatic N) is 2. The Morgan fingerprint density at radius 2 is 2.06 bits per heavy atom. The first-order chi connectivity index (χ1) is 7.68. The van der Waals surface area contributed by atoms with Crippen LogP contribution in [-0.4, -0.2) is 16.0 Å². The molecule has 3 atom stereocenters. The van der Waals surface area contributed by atoms with E-state index in [0.29, 0.717) is 12.1 Å². The van der Waals surface area contributed by atoms with E-state index < -0.39 is 0 Å². The van der Waals surface area contributed by atoms with E-state index in [9.17, 15) is 0 Å². The van der Waals surface area contributed by atoms with Crippen LogP contribution in [0.4, 0.5) is 0 Å². The summed E-state index contributed by atoms with van der Waals surface area (Å²) in [4.78, 5) is 8.71. The average Bonchev–Trinajstić information content (AvgIpc) is 2.65. The van der Waals surface area contributed by atoms with Gasteiger partial charge in [-0.05, 0) is 32.6 Å². The second kappa shape index (κ2) is 4.91. The van der Waals surface area contributed by atoms with Crippen molar-refractivity contribution in [1.82, 2.24) is 15.3 Å². The van der Waals surface area contributed by atoms with Crippen LogP contribution >= 0.6 is 0 Å². The van der Waals surface area contributed by atoms with Crippen molar-refractivity contribution in [3.05, 3.63) is 23.8 Å². The van der Waals surface area contributed by atoms with Crippen molar-refractivity contribution < 1.29 is 0 Å². The Labute approximate surface area is 97.7 Å². The van der Waals surface area contributed by atoms with E-state index in [1.165, 1.54) is 19.3 Å². The molecule has 1 aliphatic rings. The van der Waals surface area contributed by atoms with E-state index in [2.05, 4.69) is 29.1 Å². The third kappa shape index (κ3) is 2.40. The van der Waals surface area contributed by atoms with Gasteiger partial charge in [0.25, 0.3) is 0 Å². The van der Waals surface area contributed by atoms with Gasteiger partial charge in [-0.15, -0.1) is 0 Å². The smallest absolute Gasteiger partial charge is 0.0782 e. The van der Waals surface area contributed by atoms with E-state index in [0.717, 1.165) is 17.3 Å². The lowest BCUT2D eigenvalue weighted by atomic mass is 10.0. The summed E-state index contributed by atoms with van der Waals surface area (Å²) in [6.07, 6.45) is 7.53. The maximum absolute atomic E-state index is 4.42. The van der Waals surface area contributed by atoms with E-state index in [1.54, 1.807) is 12.4 Å². The third-order valence-corrected chi connectivity index (χ3v) is 3.65. The zero-order valence-electron chi connectivity index (χ0n) is 10.4. The van der Waals surface area contributed by atoms with Crippen LogP contribution in [0.2, 0.25) is 0 Å². The SMILES string of the molecule is Cc1nccnc1C(C)NC1CCCC1C. The van der Waals surface area contributed by atoms with Crippen molar-refractivity contribution in [1.29, 1.82) is 0 Å². The molecule has 1 aliphatic carbocycles. The summed E-state index contributed by atoms with van der Waals surface area (Å²) in [6, 6.07) is 0.954. The first-order valence-corrected chi connectivity index (χ1v) is 6.22. The lowest BCUT2D eigenvalue weighted by Crippen LogP contribution is -2.34. The molecular weight excluding hydrogens is 198 g/mol. The highest BCUT2D eigenvalue weighted by Crippen LogP contribution is 2.27. The minimum Gasteiger partial charge on any atom is -0.306 e. The van der Waals surface area contributed by atoms with Gasteiger partial charge in [0, 0.05) is 24.5 Å². The molecule has 3 nitrogen and oxygen atoms in total. The predicted molar refractivity (Wildman–Crippen MR) is 65.1 cm³/mol. The summed E-state index contributed by atoms with van der Waals surface area (Å²) in [7, 11) is 0. The molecule has 2 rings (SSSR count). The molecule has 1 aromatic rings. The Morgan fingerprint density at radius 3 is 2.69 bits per heavy atom. The van der Waals surface area contributed by atoms with Crippen LogP contribution in [0.5, 0.6) is 0 Å². The number of hydrogen-bond donors (Lipinski definition) is 1. The van der Waals surface area contributed by atoms with Crippen LogP contribution in [0, 0.1) is 12.8 Å². The molecule has 3 unspecified atom stereocenters. The second-order valence-electron chi connectivity index (χ2n) is 4.93. The van der Waals surface area contributed by atoms with Gasteiger partial charge in [0.05, 0.1) is 11.4 Å². The number of aryl methyl sites for hydroxylation is 1. The molecule has 1 aromatic heterocycles. The summed E-state index contributed by atoms with van der Waals surface area (Å²) >= 11 is 0. The Bertz CT molecular complexity index is 351. The lowest BCUT2D eigenvalue weighted by molar-refractivity contribution is 0.383. The van der Waals surface area contributed by atoms with Crippen molar-refractivity contribution in [2.24, 2.45) is 5.92 Å². The molecule has 16 heavy (non-hydrogen) atoms. The van der Waals surface area contributed by atoms with Gasteiger partial charge in [-0.25, -0.2) is 0 Å². The van der Waals surface area contributed by atoms with E-state index in [4.69, 9.17) is 0 Å². The van der Waals surface area contributed by atoms with Gasteiger partial charge in [0.15, 0.2) is 0 Å². The molecule has 0 bridgehead atoms. The van der Waals surface area contributed by atoms with Crippen LogP contribution < -0.4 is 5.32 Å². The highest BCUT2D eigenvalue weighted by molar-refractivity contribution is 5.12. The molecule has 0 amide bonds. The molecule has 1 saturated carbocycles. The van der Waals surface area contributed by atoms with Crippen molar-refractivity contribution in [2.45, 2.75) is 52.1 Å². The first-order valence-electron chi connectivity index (χ1n) is 6.22. The average molecular weight is 219 g/mol. The number of rotatable bonds is 3. The third-order valence-electron chi connectivity index (χ3n) is 3.65. The van der Waals surface area contributed by atoms with Crippen molar-refractivity contribution in [3.8, 4) is 0 Å². The molecule has 1 fully saturated rings.